The Morgan fingerprint density at radius 2 is 1.10 bits per heavy atom. The van der Waals surface area contributed by atoms with E-state index < -0.39 is 7.92 Å². The Morgan fingerprint density at radius 3 is 1.79 bits per heavy atom. The summed E-state index contributed by atoms with van der Waals surface area (Å²) < 4.78 is 2.51. The third-order valence-electron chi connectivity index (χ3n) is 12.5. The van der Waals surface area contributed by atoms with Crippen LogP contribution in [0.4, 0.5) is 0 Å². The molecule has 1 aliphatic heterocycles. The van der Waals surface area contributed by atoms with E-state index in [2.05, 4.69) is 219 Å². The van der Waals surface area contributed by atoms with Crippen molar-refractivity contribution in [1.82, 2.24) is 14.5 Å². The molecule has 2 aliphatic rings. The highest BCUT2D eigenvalue weighted by Crippen LogP contribution is 2.60. The van der Waals surface area contributed by atoms with Gasteiger partial charge >= 0.3 is 0 Å². The summed E-state index contributed by atoms with van der Waals surface area (Å²) in [6, 6.07) is 68.9. The Morgan fingerprint density at radius 1 is 0.541 bits per heavy atom. The van der Waals surface area contributed by atoms with Crippen molar-refractivity contribution in [1.29, 1.82) is 0 Å². The predicted octanol–water partition coefficient (Wildman–Crippen LogP) is 14.2. The standard InChI is InChI=1S/C57H44N3P/c1-57(2,44-22-10-5-11-23-44)61-52-28-16-13-25-47(52)54-46-24-12-15-27-51(46)60(55(54)48-26-14-17-29-53(48)61)45-36-34-40(35-37-45)39-30-32-42(33-31-39)50-38-49(41-18-6-3-7-19-41)58-56(59-50)43-20-8-4-9-21-43/h3-8,10-20,22-38H,9,21H2,1-2H3. The molecule has 7 aromatic carbocycles. The average molecular weight is 802 g/mol. The van der Waals surface area contributed by atoms with Crippen LogP contribution in [0.2, 0.25) is 0 Å². The largest absolute Gasteiger partial charge is 0.309 e. The van der Waals surface area contributed by atoms with E-state index in [4.69, 9.17) is 9.97 Å². The van der Waals surface area contributed by atoms with Crippen molar-refractivity contribution < 1.29 is 0 Å². The number of rotatable bonds is 7. The Hall–Kier alpha value is -6.93. The first-order valence-corrected chi connectivity index (χ1v) is 22.6. The maximum absolute atomic E-state index is 5.11. The third-order valence-corrected chi connectivity index (χ3v) is 15.6. The van der Waals surface area contributed by atoms with E-state index in [1.54, 1.807) is 0 Å². The molecule has 0 saturated heterocycles. The van der Waals surface area contributed by atoms with E-state index in [1.165, 1.54) is 60.6 Å². The van der Waals surface area contributed by atoms with Crippen molar-refractivity contribution in [3.63, 3.8) is 0 Å². The zero-order valence-corrected chi connectivity index (χ0v) is 35.2. The molecule has 0 amide bonds. The summed E-state index contributed by atoms with van der Waals surface area (Å²) in [5.74, 6) is 0.804. The fraction of sp³-hybridized carbons (Fsp3) is 0.0877. The molecule has 292 valence electrons. The van der Waals surface area contributed by atoms with Gasteiger partial charge in [0, 0.05) is 38.5 Å². The molecule has 1 atom stereocenters. The van der Waals surface area contributed by atoms with E-state index >= 15 is 0 Å². The lowest BCUT2D eigenvalue weighted by Crippen LogP contribution is -2.28. The van der Waals surface area contributed by atoms with Gasteiger partial charge in [-0.1, -0.05) is 196 Å². The summed E-state index contributed by atoms with van der Waals surface area (Å²) in [4.78, 5) is 10.1. The number of benzene rings is 7. The molecule has 1 aliphatic carbocycles. The lowest BCUT2D eigenvalue weighted by Gasteiger charge is -2.37. The second-order valence-electron chi connectivity index (χ2n) is 16.5. The van der Waals surface area contributed by atoms with Crippen LogP contribution in [-0.4, -0.2) is 14.5 Å². The molecule has 0 fully saturated rings. The van der Waals surface area contributed by atoms with Crippen molar-refractivity contribution in [3.8, 4) is 61.7 Å². The van der Waals surface area contributed by atoms with Crippen molar-refractivity contribution in [2.24, 2.45) is 0 Å². The molecule has 0 spiro atoms. The summed E-state index contributed by atoms with van der Waals surface area (Å²) in [6.07, 6.45) is 8.42. The fourth-order valence-electron chi connectivity index (χ4n) is 9.41. The summed E-state index contributed by atoms with van der Waals surface area (Å²) in [5, 5.41) is 4.00. The number of fused-ring (bicyclic) bond motifs is 7. The molecular weight excluding hydrogens is 758 g/mol. The van der Waals surface area contributed by atoms with E-state index in [9.17, 15) is 0 Å². The maximum Gasteiger partial charge on any atom is 0.156 e. The first kappa shape index (κ1) is 37.1. The molecule has 9 aromatic rings. The van der Waals surface area contributed by atoms with Crippen LogP contribution < -0.4 is 10.6 Å². The molecule has 0 bridgehead atoms. The second-order valence-corrected chi connectivity index (χ2v) is 19.2. The monoisotopic (exact) mass is 801 g/mol. The van der Waals surface area contributed by atoms with E-state index in [-0.39, 0.29) is 5.16 Å². The number of hydrogen-bond donors (Lipinski definition) is 0. The highest BCUT2D eigenvalue weighted by atomic mass is 31.1. The van der Waals surface area contributed by atoms with Crippen LogP contribution in [0.15, 0.2) is 206 Å². The molecular formula is C57H44N3P. The van der Waals surface area contributed by atoms with Crippen LogP contribution in [0.1, 0.15) is 38.1 Å². The lowest BCUT2D eigenvalue weighted by atomic mass is 9.98. The smallest absolute Gasteiger partial charge is 0.156 e. The van der Waals surface area contributed by atoms with Gasteiger partial charge in [0.15, 0.2) is 5.82 Å². The maximum atomic E-state index is 5.11. The first-order valence-electron chi connectivity index (χ1n) is 21.2. The van der Waals surface area contributed by atoms with Crippen molar-refractivity contribution in [3.05, 3.63) is 218 Å². The van der Waals surface area contributed by atoms with Gasteiger partial charge in [0.2, 0.25) is 0 Å². The Labute approximate surface area is 359 Å². The fourth-order valence-corrected chi connectivity index (χ4v) is 12.6. The number of nitrogens with zero attached hydrogens (tertiary/aromatic N) is 3. The van der Waals surface area contributed by atoms with Gasteiger partial charge in [0.05, 0.1) is 22.6 Å². The molecule has 0 N–H and O–H groups in total. The van der Waals surface area contributed by atoms with Gasteiger partial charge in [-0.3, -0.25) is 0 Å². The summed E-state index contributed by atoms with van der Waals surface area (Å²) in [6.45, 7) is 4.88. The highest BCUT2D eigenvalue weighted by molar-refractivity contribution is 7.74. The van der Waals surface area contributed by atoms with Crippen molar-refractivity contribution in [2.75, 3.05) is 0 Å². The lowest BCUT2D eigenvalue weighted by molar-refractivity contribution is 0.772. The minimum atomic E-state index is -0.808. The van der Waals surface area contributed by atoms with Gasteiger partial charge in [-0.25, -0.2) is 9.97 Å². The van der Waals surface area contributed by atoms with E-state index in [0.29, 0.717) is 0 Å². The molecule has 0 radical (unpaired) electrons. The Bertz CT molecular complexity index is 3140. The Kier molecular flexibility index (Phi) is 9.29. The minimum absolute atomic E-state index is 0.116. The molecule has 3 nitrogen and oxygen atoms in total. The average Bonchev–Trinajstić information content (AvgIpc) is 3.61. The van der Waals surface area contributed by atoms with Crippen molar-refractivity contribution in [2.45, 2.75) is 31.8 Å². The third kappa shape index (κ3) is 6.49. The predicted molar refractivity (Wildman–Crippen MR) is 258 cm³/mol. The van der Waals surface area contributed by atoms with Gasteiger partial charge in [0.1, 0.15) is 0 Å². The van der Waals surface area contributed by atoms with Gasteiger partial charge < -0.3 is 4.57 Å². The quantitative estimate of drug-likeness (QED) is 0.150. The summed E-state index contributed by atoms with van der Waals surface area (Å²) in [5.41, 5.74) is 16.5. The van der Waals surface area contributed by atoms with Crippen LogP contribution in [0, 0.1) is 0 Å². The van der Waals surface area contributed by atoms with Gasteiger partial charge in [-0.2, -0.15) is 0 Å². The van der Waals surface area contributed by atoms with Crippen molar-refractivity contribution >= 4 is 35.0 Å². The zero-order valence-electron chi connectivity index (χ0n) is 34.3. The molecule has 2 aromatic heterocycles. The minimum Gasteiger partial charge on any atom is -0.309 e. The number of aromatic nitrogens is 3. The van der Waals surface area contributed by atoms with Crippen LogP contribution in [0.5, 0.6) is 0 Å². The van der Waals surface area contributed by atoms with Gasteiger partial charge in [0.25, 0.3) is 0 Å². The molecule has 1 unspecified atom stereocenters. The number of para-hydroxylation sites is 1. The van der Waals surface area contributed by atoms with Crippen LogP contribution >= 0.6 is 7.92 Å². The van der Waals surface area contributed by atoms with Crippen LogP contribution in [-0.2, 0) is 5.16 Å². The molecule has 4 heteroatoms. The Balaban J connectivity index is 1.01. The van der Waals surface area contributed by atoms with E-state index in [0.717, 1.165) is 52.4 Å². The number of allylic oxidation sites excluding steroid dienone is 4. The SMILES string of the molecule is CC(C)(c1ccccc1)P1c2ccccc2-c2c(n(-c3ccc(-c4ccc(-c5cc(-c6ccccc6)nc(C6=CC=CCC6)n5)cc4)cc3)c3ccccc23)-c2ccccc21. The topological polar surface area (TPSA) is 30.7 Å². The van der Waals surface area contributed by atoms with E-state index in [1.807, 2.05) is 6.07 Å². The van der Waals surface area contributed by atoms with Crippen LogP contribution in [0.25, 0.3) is 78.2 Å². The summed E-state index contributed by atoms with van der Waals surface area (Å²) >= 11 is 0. The summed E-state index contributed by atoms with van der Waals surface area (Å²) in [7, 11) is -0.808. The second kappa shape index (κ2) is 15.3. The zero-order chi connectivity index (χ0) is 40.9. The first-order chi connectivity index (χ1) is 30.0. The molecule has 61 heavy (non-hydrogen) atoms. The van der Waals surface area contributed by atoms with Crippen LogP contribution in [0.3, 0.4) is 0 Å². The molecule has 11 rings (SSSR count). The number of hydrogen-bond acceptors (Lipinski definition) is 2. The van der Waals surface area contributed by atoms with Gasteiger partial charge in [-0.15, -0.1) is 0 Å². The molecule has 0 saturated carbocycles. The highest BCUT2D eigenvalue weighted by Gasteiger charge is 2.40. The molecule has 3 heterocycles. The van der Waals surface area contributed by atoms with Gasteiger partial charge in [-0.05, 0) is 83.5 Å². The normalized spacial score (nSPS) is 14.5.